The molecular formula is C15H28N2O2. The van der Waals surface area contributed by atoms with Gasteiger partial charge in [-0.15, -0.1) is 0 Å². The molecule has 0 bridgehead atoms. The van der Waals surface area contributed by atoms with Gasteiger partial charge < -0.3 is 10.2 Å². The molecule has 0 aromatic carbocycles. The van der Waals surface area contributed by atoms with E-state index in [1.54, 1.807) is 31.1 Å². The van der Waals surface area contributed by atoms with E-state index in [9.17, 15) is 9.59 Å². The second-order valence-electron chi connectivity index (χ2n) is 4.96. The number of carbonyl (C=O) groups excluding carboxylic acids is 2. The molecule has 0 unspecified atom stereocenters. The zero-order chi connectivity index (χ0) is 15.3. The summed E-state index contributed by atoms with van der Waals surface area (Å²) in [5.41, 5.74) is 0. The summed E-state index contributed by atoms with van der Waals surface area (Å²) >= 11 is 0. The molecule has 4 heteroatoms. The molecule has 0 aromatic rings. The Bertz CT molecular complexity index is 293. The van der Waals surface area contributed by atoms with E-state index in [0.29, 0.717) is 12.0 Å². The zero-order valence-corrected chi connectivity index (χ0v) is 13.0. The van der Waals surface area contributed by atoms with E-state index in [1.165, 1.54) is 6.08 Å². The van der Waals surface area contributed by atoms with Gasteiger partial charge in [0.15, 0.2) is 0 Å². The molecule has 0 saturated heterocycles. The van der Waals surface area contributed by atoms with Crippen LogP contribution in [-0.2, 0) is 9.59 Å². The summed E-state index contributed by atoms with van der Waals surface area (Å²) in [6.45, 7) is 8.98. The molecule has 19 heavy (non-hydrogen) atoms. The van der Waals surface area contributed by atoms with Crippen molar-refractivity contribution in [3.8, 4) is 0 Å². The van der Waals surface area contributed by atoms with E-state index in [4.69, 9.17) is 0 Å². The molecule has 0 spiro atoms. The van der Waals surface area contributed by atoms with Crippen molar-refractivity contribution in [3.63, 3.8) is 0 Å². The molecule has 1 N–H and O–H groups in total. The van der Waals surface area contributed by atoms with E-state index in [2.05, 4.69) is 19.2 Å². The van der Waals surface area contributed by atoms with Crippen molar-refractivity contribution in [2.75, 3.05) is 20.6 Å². The van der Waals surface area contributed by atoms with Gasteiger partial charge in [-0.05, 0) is 18.1 Å². The molecule has 0 saturated carbocycles. The average molecular weight is 268 g/mol. The van der Waals surface area contributed by atoms with Crippen molar-refractivity contribution in [1.82, 2.24) is 10.2 Å². The second kappa shape index (κ2) is 13.0. The SMILES string of the molecule is CC(C)/C=C/C(=O)N(C)C.CC(C)NC/C=C/C=O. The van der Waals surface area contributed by atoms with Gasteiger partial charge in [0.05, 0.1) is 0 Å². The van der Waals surface area contributed by atoms with Crippen LogP contribution >= 0.6 is 0 Å². The molecule has 4 nitrogen and oxygen atoms in total. The fourth-order valence-corrected chi connectivity index (χ4v) is 0.851. The van der Waals surface area contributed by atoms with Crippen molar-refractivity contribution < 1.29 is 9.59 Å². The van der Waals surface area contributed by atoms with Crippen molar-refractivity contribution >= 4 is 12.2 Å². The van der Waals surface area contributed by atoms with E-state index in [-0.39, 0.29) is 5.91 Å². The quantitative estimate of drug-likeness (QED) is 0.592. The summed E-state index contributed by atoms with van der Waals surface area (Å²) < 4.78 is 0. The summed E-state index contributed by atoms with van der Waals surface area (Å²) in [5.74, 6) is 0.498. The van der Waals surface area contributed by atoms with Crippen molar-refractivity contribution in [2.45, 2.75) is 33.7 Å². The molecule has 0 radical (unpaired) electrons. The largest absolute Gasteiger partial charge is 0.345 e. The minimum Gasteiger partial charge on any atom is -0.345 e. The van der Waals surface area contributed by atoms with Crippen molar-refractivity contribution in [1.29, 1.82) is 0 Å². The number of nitrogens with one attached hydrogen (secondary N) is 1. The lowest BCUT2D eigenvalue weighted by molar-refractivity contribution is -0.123. The molecule has 0 aliphatic carbocycles. The topological polar surface area (TPSA) is 49.4 Å². The third kappa shape index (κ3) is 19.1. The normalized spacial score (nSPS) is 10.9. The van der Waals surface area contributed by atoms with Gasteiger partial charge in [-0.25, -0.2) is 0 Å². The number of carbonyl (C=O) groups is 2. The summed E-state index contributed by atoms with van der Waals surface area (Å²) in [6, 6.07) is 0.487. The lowest BCUT2D eigenvalue weighted by Crippen LogP contribution is -2.22. The maximum Gasteiger partial charge on any atom is 0.245 e. The van der Waals surface area contributed by atoms with Gasteiger partial charge in [0, 0.05) is 26.7 Å². The number of aldehydes is 1. The number of hydrogen-bond acceptors (Lipinski definition) is 3. The van der Waals surface area contributed by atoms with Crippen LogP contribution in [0.25, 0.3) is 0 Å². The highest BCUT2D eigenvalue weighted by Crippen LogP contribution is 1.93. The van der Waals surface area contributed by atoms with Crippen molar-refractivity contribution in [2.24, 2.45) is 5.92 Å². The Morgan fingerprint density at radius 2 is 1.79 bits per heavy atom. The minimum absolute atomic E-state index is 0.0497. The van der Waals surface area contributed by atoms with E-state index >= 15 is 0 Å². The molecule has 0 aliphatic heterocycles. The second-order valence-corrected chi connectivity index (χ2v) is 4.96. The molecule has 110 valence electrons. The summed E-state index contributed by atoms with van der Waals surface area (Å²) in [4.78, 5) is 22.2. The average Bonchev–Trinajstić information content (AvgIpc) is 2.32. The predicted molar refractivity (Wildman–Crippen MR) is 81.0 cm³/mol. The highest BCUT2D eigenvalue weighted by molar-refractivity contribution is 5.87. The Morgan fingerprint density at radius 1 is 1.21 bits per heavy atom. The third-order valence-electron chi connectivity index (χ3n) is 1.92. The van der Waals surface area contributed by atoms with Crippen LogP contribution in [0.3, 0.4) is 0 Å². The van der Waals surface area contributed by atoms with Gasteiger partial charge in [-0.2, -0.15) is 0 Å². The van der Waals surface area contributed by atoms with Gasteiger partial charge in [0.1, 0.15) is 6.29 Å². The Balaban J connectivity index is 0. The zero-order valence-electron chi connectivity index (χ0n) is 13.0. The molecule has 0 rings (SSSR count). The lowest BCUT2D eigenvalue weighted by atomic mass is 10.2. The molecule has 0 atom stereocenters. The van der Waals surface area contributed by atoms with Gasteiger partial charge in [-0.1, -0.05) is 39.8 Å². The lowest BCUT2D eigenvalue weighted by Gasteiger charge is -2.05. The standard InChI is InChI=1S/C8H15NO.C7H13NO/c1-7(2)5-6-8(10)9(3)4;1-7(2)8-5-3-4-6-9/h5-7H,1-4H3;3-4,6-8H,5H2,1-2H3/b6-5+;4-3+. The molecule has 0 aliphatic rings. The summed E-state index contributed by atoms with van der Waals surface area (Å²) in [7, 11) is 3.49. The monoisotopic (exact) mass is 268 g/mol. The highest BCUT2D eigenvalue weighted by Gasteiger charge is 1.96. The van der Waals surface area contributed by atoms with Crippen LogP contribution in [0.5, 0.6) is 0 Å². The first-order chi connectivity index (χ1) is 8.81. The third-order valence-corrected chi connectivity index (χ3v) is 1.92. The van der Waals surface area contributed by atoms with E-state index in [1.807, 2.05) is 19.9 Å². The highest BCUT2D eigenvalue weighted by atomic mass is 16.2. The smallest absolute Gasteiger partial charge is 0.245 e. The maximum absolute atomic E-state index is 10.9. The van der Waals surface area contributed by atoms with Gasteiger partial charge in [-0.3, -0.25) is 9.59 Å². The van der Waals surface area contributed by atoms with E-state index < -0.39 is 0 Å². The molecular weight excluding hydrogens is 240 g/mol. The van der Waals surface area contributed by atoms with E-state index in [0.717, 1.165) is 12.8 Å². The van der Waals surface area contributed by atoms with Crippen LogP contribution in [0.2, 0.25) is 0 Å². The molecule has 1 amide bonds. The first-order valence-corrected chi connectivity index (χ1v) is 6.54. The Morgan fingerprint density at radius 3 is 2.16 bits per heavy atom. The number of amides is 1. The fourth-order valence-electron chi connectivity index (χ4n) is 0.851. The van der Waals surface area contributed by atoms with Crippen LogP contribution in [-0.4, -0.2) is 43.8 Å². The molecule has 0 fully saturated rings. The number of hydrogen-bond donors (Lipinski definition) is 1. The first-order valence-electron chi connectivity index (χ1n) is 6.54. The number of nitrogens with zero attached hydrogens (tertiary/aromatic N) is 1. The summed E-state index contributed by atoms with van der Waals surface area (Å²) in [5, 5.41) is 3.13. The Kier molecular flexibility index (Phi) is 13.6. The number of allylic oxidation sites excluding steroid dienone is 2. The predicted octanol–water partition coefficient (Wildman–Crippen LogP) is 2.03. The van der Waals surface area contributed by atoms with Gasteiger partial charge in [0.25, 0.3) is 0 Å². The molecule has 0 heterocycles. The van der Waals surface area contributed by atoms with Gasteiger partial charge in [0.2, 0.25) is 5.91 Å². The van der Waals surface area contributed by atoms with Crippen LogP contribution in [0.1, 0.15) is 27.7 Å². The first kappa shape index (κ1) is 19.9. The van der Waals surface area contributed by atoms with Gasteiger partial charge >= 0.3 is 0 Å². The van der Waals surface area contributed by atoms with Crippen LogP contribution < -0.4 is 5.32 Å². The molecule has 0 aromatic heterocycles. The van der Waals surface area contributed by atoms with Crippen LogP contribution in [0.15, 0.2) is 24.3 Å². The van der Waals surface area contributed by atoms with Crippen molar-refractivity contribution in [3.05, 3.63) is 24.3 Å². The van der Waals surface area contributed by atoms with Crippen LogP contribution in [0, 0.1) is 5.92 Å². The minimum atomic E-state index is 0.0497. The Hall–Kier alpha value is -1.42. The fraction of sp³-hybridized carbons (Fsp3) is 0.600. The Labute approximate surface area is 117 Å². The number of likely N-dealkylation sites (N-methyl/N-ethyl adjacent to an activating group) is 1. The van der Waals surface area contributed by atoms with Crippen LogP contribution in [0.4, 0.5) is 0 Å². The summed E-state index contributed by atoms with van der Waals surface area (Å²) in [6.07, 6.45) is 7.57. The maximum atomic E-state index is 10.9. The number of rotatable bonds is 6.